The fourth-order valence-electron chi connectivity index (χ4n) is 1.54. The van der Waals surface area contributed by atoms with Crippen LogP contribution in [-0.2, 0) is 4.79 Å². The fourth-order valence-corrected chi connectivity index (χ4v) is 2.00. The summed E-state index contributed by atoms with van der Waals surface area (Å²) in [4.78, 5) is 13.5. The fraction of sp³-hybridized carbons (Fsp3) is 0.300. The van der Waals surface area contributed by atoms with Crippen molar-refractivity contribution < 1.29 is 4.79 Å². The molecule has 1 aromatic carbocycles. The summed E-state index contributed by atoms with van der Waals surface area (Å²) in [6, 6.07) is 5.76. The number of hydrogen-bond acceptors (Lipinski definition) is 2. The van der Waals surface area contributed by atoms with Gasteiger partial charge in [-0.15, -0.1) is 0 Å². The number of nitrogens with zero attached hydrogens (tertiary/aromatic N) is 1. The van der Waals surface area contributed by atoms with E-state index in [0.717, 1.165) is 15.8 Å². The third-order valence-corrected chi connectivity index (χ3v) is 3.24. The summed E-state index contributed by atoms with van der Waals surface area (Å²) < 4.78 is 0.919. The Morgan fingerprint density at radius 2 is 2.21 bits per heavy atom. The molecule has 1 unspecified atom stereocenters. The maximum atomic E-state index is 11.5. The molecule has 0 fully saturated rings. The van der Waals surface area contributed by atoms with Crippen LogP contribution in [0.15, 0.2) is 22.7 Å². The van der Waals surface area contributed by atoms with Crippen molar-refractivity contribution in [2.45, 2.75) is 13.0 Å². The zero-order valence-corrected chi connectivity index (χ0v) is 9.63. The Kier molecular flexibility index (Phi) is 2.23. The summed E-state index contributed by atoms with van der Waals surface area (Å²) in [6.07, 6.45) is 0. The molecular formula is C10H11BrN2O. The number of carbonyl (C=O) groups is 1. The minimum atomic E-state index is -0.114. The highest BCUT2D eigenvalue weighted by molar-refractivity contribution is 9.10. The number of fused-ring (bicyclic) bond motifs is 1. The second-order valence-electron chi connectivity index (χ2n) is 3.41. The van der Waals surface area contributed by atoms with Crippen molar-refractivity contribution in [1.82, 2.24) is 0 Å². The Balaban J connectivity index is 2.56. The van der Waals surface area contributed by atoms with Crippen LogP contribution in [0.4, 0.5) is 11.4 Å². The number of benzene rings is 1. The molecule has 1 amide bonds. The molecule has 1 aliphatic rings. The predicted octanol–water partition coefficient (Wildman–Crippen LogP) is 2.23. The first kappa shape index (κ1) is 9.52. The second kappa shape index (κ2) is 3.28. The van der Waals surface area contributed by atoms with E-state index in [1.807, 2.05) is 37.1 Å². The normalized spacial score (nSPS) is 20.4. The molecule has 14 heavy (non-hydrogen) atoms. The molecule has 1 N–H and O–H groups in total. The largest absolute Gasteiger partial charge is 0.361 e. The molecule has 1 aliphatic heterocycles. The van der Waals surface area contributed by atoms with E-state index < -0.39 is 0 Å². The van der Waals surface area contributed by atoms with E-state index in [2.05, 4.69) is 21.2 Å². The molecule has 0 radical (unpaired) electrons. The highest BCUT2D eigenvalue weighted by Gasteiger charge is 2.27. The highest BCUT2D eigenvalue weighted by Crippen LogP contribution is 2.36. The first-order valence-corrected chi connectivity index (χ1v) is 5.23. The lowest BCUT2D eigenvalue weighted by Gasteiger charge is -2.33. The number of halogens is 1. The van der Waals surface area contributed by atoms with Gasteiger partial charge in [-0.1, -0.05) is 6.07 Å². The standard InChI is InChI=1S/C10H11BrN2O/c1-6-10(14)12-9-7(11)4-3-5-8(9)13(6)2/h3-6H,1-2H3,(H,12,14). The Hall–Kier alpha value is -1.03. The van der Waals surface area contributed by atoms with Gasteiger partial charge in [0.2, 0.25) is 5.91 Å². The average Bonchev–Trinajstić information content (AvgIpc) is 2.17. The number of para-hydroxylation sites is 1. The van der Waals surface area contributed by atoms with Crippen LogP contribution in [0, 0.1) is 0 Å². The van der Waals surface area contributed by atoms with Gasteiger partial charge in [-0.3, -0.25) is 4.79 Å². The Labute approximate surface area is 91.2 Å². The number of hydrogen-bond donors (Lipinski definition) is 1. The van der Waals surface area contributed by atoms with Crippen LogP contribution in [0.25, 0.3) is 0 Å². The quantitative estimate of drug-likeness (QED) is 0.770. The van der Waals surface area contributed by atoms with Crippen LogP contribution in [0.5, 0.6) is 0 Å². The lowest BCUT2D eigenvalue weighted by Crippen LogP contribution is -2.43. The molecule has 1 aromatic rings. The maximum absolute atomic E-state index is 11.5. The van der Waals surface area contributed by atoms with Crippen molar-refractivity contribution >= 4 is 33.2 Å². The molecule has 0 saturated heterocycles. The minimum absolute atomic E-state index is 0.0342. The Bertz CT molecular complexity index is 392. The first-order chi connectivity index (χ1) is 6.61. The van der Waals surface area contributed by atoms with Crippen molar-refractivity contribution in [2.24, 2.45) is 0 Å². The lowest BCUT2D eigenvalue weighted by atomic mass is 10.1. The minimum Gasteiger partial charge on any atom is -0.361 e. The number of likely N-dealkylation sites (N-methyl/N-ethyl adjacent to an activating group) is 1. The summed E-state index contributed by atoms with van der Waals surface area (Å²) in [5, 5.41) is 2.88. The lowest BCUT2D eigenvalue weighted by molar-refractivity contribution is -0.117. The van der Waals surface area contributed by atoms with Crippen LogP contribution in [0.2, 0.25) is 0 Å². The van der Waals surface area contributed by atoms with Crippen LogP contribution >= 0.6 is 15.9 Å². The van der Waals surface area contributed by atoms with Crippen molar-refractivity contribution in [3.63, 3.8) is 0 Å². The molecule has 74 valence electrons. The molecule has 1 heterocycles. The zero-order valence-electron chi connectivity index (χ0n) is 8.04. The van der Waals surface area contributed by atoms with Gasteiger partial charge >= 0.3 is 0 Å². The van der Waals surface area contributed by atoms with Crippen molar-refractivity contribution in [2.75, 3.05) is 17.3 Å². The first-order valence-electron chi connectivity index (χ1n) is 4.43. The third-order valence-electron chi connectivity index (χ3n) is 2.58. The van der Waals surface area contributed by atoms with Gasteiger partial charge in [-0.05, 0) is 35.0 Å². The topological polar surface area (TPSA) is 32.3 Å². The van der Waals surface area contributed by atoms with E-state index in [9.17, 15) is 4.79 Å². The van der Waals surface area contributed by atoms with Gasteiger partial charge < -0.3 is 10.2 Å². The number of nitrogens with one attached hydrogen (secondary N) is 1. The SMILES string of the molecule is CC1C(=O)Nc2c(Br)cccc2N1C. The van der Waals surface area contributed by atoms with Gasteiger partial charge in [-0.25, -0.2) is 0 Å². The summed E-state index contributed by atoms with van der Waals surface area (Å²) >= 11 is 3.42. The van der Waals surface area contributed by atoms with Crippen LogP contribution in [-0.4, -0.2) is 19.0 Å². The van der Waals surface area contributed by atoms with Gasteiger partial charge in [0.05, 0.1) is 11.4 Å². The van der Waals surface area contributed by atoms with Gasteiger partial charge in [0, 0.05) is 11.5 Å². The summed E-state index contributed by atoms with van der Waals surface area (Å²) in [5.74, 6) is 0.0342. The molecule has 1 atom stereocenters. The summed E-state index contributed by atoms with van der Waals surface area (Å²) in [7, 11) is 1.93. The van der Waals surface area contributed by atoms with Crippen molar-refractivity contribution in [1.29, 1.82) is 0 Å². The third kappa shape index (κ3) is 1.30. The molecule has 4 heteroatoms. The van der Waals surface area contributed by atoms with Gasteiger partial charge in [0.15, 0.2) is 0 Å². The zero-order chi connectivity index (χ0) is 10.3. The summed E-state index contributed by atoms with van der Waals surface area (Å²) in [5.41, 5.74) is 1.91. The van der Waals surface area contributed by atoms with E-state index >= 15 is 0 Å². The second-order valence-corrected chi connectivity index (χ2v) is 4.26. The number of carbonyl (C=O) groups excluding carboxylic acids is 1. The van der Waals surface area contributed by atoms with Crippen molar-refractivity contribution in [3.05, 3.63) is 22.7 Å². The van der Waals surface area contributed by atoms with E-state index in [-0.39, 0.29) is 11.9 Å². The molecular weight excluding hydrogens is 244 g/mol. The van der Waals surface area contributed by atoms with Crippen LogP contribution < -0.4 is 10.2 Å². The Morgan fingerprint density at radius 1 is 1.50 bits per heavy atom. The number of anilines is 2. The van der Waals surface area contributed by atoms with Crippen LogP contribution in [0.3, 0.4) is 0 Å². The Morgan fingerprint density at radius 3 is 2.93 bits per heavy atom. The molecule has 3 nitrogen and oxygen atoms in total. The van der Waals surface area contributed by atoms with Crippen LogP contribution in [0.1, 0.15) is 6.92 Å². The molecule has 0 bridgehead atoms. The molecule has 2 rings (SSSR count). The van der Waals surface area contributed by atoms with Gasteiger partial charge in [0.1, 0.15) is 6.04 Å². The molecule has 0 spiro atoms. The monoisotopic (exact) mass is 254 g/mol. The van der Waals surface area contributed by atoms with E-state index in [0.29, 0.717) is 0 Å². The average molecular weight is 255 g/mol. The highest BCUT2D eigenvalue weighted by atomic mass is 79.9. The number of amides is 1. The van der Waals surface area contributed by atoms with Gasteiger partial charge in [0.25, 0.3) is 0 Å². The predicted molar refractivity (Wildman–Crippen MR) is 60.6 cm³/mol. The molecule has 0 aliphatic carbocycles. The smallest absolute Gasteiger partial charge is 0.246 e. The van der Waals surface area contributed by atoms with Gasteiger partial charge in [-0.2, -0.15) is 0 Å². The summed E-state index contributed by atoms with van der Waals surface area (Å²) in [6.45, 7) is 1.89. The molecule has 0 aromatic heterocycles. The number of rotatable bonds is 0. The van der Waals surface area contributed by atoms with E-state index in [4.69, 9.17) is 0 Å². The molecule has 0 saturated carbocycles. The van der Waals surface area contributed by atoms with Crippen molar-refractivity contribution in [3.8, 4) is 0 Å². The van der Waals surface area contributed by atoms with E-state index in [1.54, 1.807) is 0 Å². The maximum Gasteiger partial charge on any atom is 0.246 e. The van der Waals surface area contributed by atoms with E-state index in [1.165, 1.54) is 0 Å².